The molecule has 2 aliphatic rings. The molecule has 4 rings (SSSR count). The highest BCUT2D eigenvalue weighted by molar-refractivity contribution is 9.10. The van der Waals surface area contributed by atoms with Crippen LogP contribution in [0.25, 0.3) is 6.08 Å². The van der Waals surface area contributed by atoms with E-state index in [2.05, 4.69) is 15.9 Å². The van der Waals surface area contributed by atoms with E-state index in [1.165, 1.54) is 0 Å². The Labute approximate surface area is 220 Å². The number of thioether (sulfide) groups is 1. The Morgan fingerprint density at radius 3 is 2.56 bits per heavy atom. The van der Waals surface area contributed by atoms with Crippen LogP contribution in [0.15, 0.2) is 51.8 Å². The van der Waals surface area contributed by atoms with Gasteiger partial charge in [0, 0.05) is 13.1 Å². The van der Waals surface area contributed by atoms with Gasteiger partial charge in [-0.3, -0.25) is 19.3 Å². The number of imide groups is 1. The number of hydrogen-bond acceptors (Lipinski definition) is 8. The molecular formula is C25H23BrN2O7S. The van der Waals surface area contributed by atoms with E-state index in [4.69, 9.17) is 14.2 Å². The minimum absolute atomic E-state index is 0.179. The van der Waals surface area contributed by atoms with Crippen LogP contribution >= 0.6 is 27.7 Å². The van der Waals surface area contributed by atoms with Crippen LogP contribution in [0.5, 0.6) is 11.5 Å². The van der Waals surface area contributed by atoms with Crippen LogP contribution in [0, 0.1) is 0 Å². The van der Waals surface area contributed by atoms with Gasteiger partial charge in [0.15, 0.2) is 11.5 Å². The summed E-state index contributed by atoms with van der Waals surface area (Å²) in [6, 6.07) is 11.8. The number of esters is 1. The quantitative estimate of drug-likeness (QED) is 0.278. The van der Waals surface area contributed by atoms with E-state index in [1.54, 1.807) is 60.4 Å². The number of rotatable bonds is 7. The highest BCUT2D eigenvalue weighted by Gasteiger charge is 2.37. The van der Waals surface area contributed by atoms with E-state index in [0.29, 0.717) is 54.3 Å². The molecule has 0 radical (unpaired) electrons. The number of hydrogen-bond donors (Lipinski definition) is 0. The van der Waals surface area contributed by atoms with Crippen LogP contribution in [0.4, 0.5) is 4.79 Å². The van der Waals surface area contributed by atoms with Crippen molar-refractivity contribution in [3.63, 3.8) is 0 Å². The van der Waals surface area contributed by atoms with Crippen LogP contribution in [-0.4, -0.2) is 72.3 Å². The molecule has 0 aliphatic carbocycles. The Morgan fingerprint density at radius 1 is 1.14 bits per heavy atom. The summed E-state index contributed by atoms with van der Waals surface area (Å²) in [6.45, 7) is 3.51. The van der Waals surface area contributed by atoms with Crippen molar-refractivity contribution >= 4 is 56.8 Å². The smallest absolute Gasteiger partial charge is 0.343 e. The lowest BCUT2D eigenvalue weighted by Gasteiger charge is -2.28. The fourth-order valence-electron chi connectivity index (χ4n) is 3.59. The molecule has 2 fully saturated rings. The lowest BCUT2D eigenvalue weighted by molar-refractivity contribution is -0.139. The summed E-state index contributed by atoms with van der Waals surface area (Å²) in [5, 5.41) is -0.509. The maximum absolute atomic E-state index is 12.9. The molecule has 2 aliphatic heterocycles. The van der Waals surface area contributed by atoms with E-state index in [-0.39, 0.29) is 23.1 Å². The van der Waals surface area contributed by atoms with Gasteiger partial charge in [0.1, 0.15) is 6.54 Å². The number of carbonyl (C=O) groups is 4. The second kappa shape index (κ2) is 11.7. The molecule has 11 heteroatoms. The first-order chi connectivity index (χ1) is 17.4. The van der Waals surface area contributed by atoms with Gasteiger partial charge in [0.25, 0.3) is 11.1 Å². The predicted molar refractivity (Wildman–Crippen MR) is 137 cm³/mol. The zero-order valence-electron chi connectivity index (χ0n) is 19.4. The maximum Gasteiger partial charge on any atom is 0.343 e. The first-order valence-electron chi connectivity index (χ1n) is 11.2. The first-order valence-corrected chi connectivity index (χ1v) is 12.8. The Morgan fingerprint density at radius 2 is 1.86 bits per heavy atom. The van der Waals surface area contributed by atoms with Crippen LogP contribution < -0.4 is 9.47 Å². The van der Waals surface area contributed by atoms with Gasteiger partial charge >= 0.3 is 5.97 Å². The average Bonchev–Trinajstić information content (AvgIpc) is 3.14. The van der Waals surface area contributed by atoms with Crippen LogP contribution in [0.3, 0.4) is 0 Å². The second-order valence-corrected chi connectivity index (χ2v) is 9.63. The molecule has 0 atom stereocenters. The van der Waals surface area contributed by atoms with Crippen LogP contribution in [0.2, 0.25) is 0 Å². The molecule has 0 spiro atoms. The van der Waals surface area contributed by atoms with E-state index in [9.17, 15) is 19.2 Å². The van der Waals surface area contributed by atoms with Gasteiger partial charge in [-0.2, -0.15) is 0 Å². The second-order valence-electron chi connectivity index (χ2n) is 7.78. The van der Waals surface area contributed by atoms with E-state index >= 15 is 0 Å². The van der Waals surface area contributed by atoms with E-state index in [1.807, 2.05) is 0 Å². The molecule has 0 N–H and O–H groups in total. The lowest BCUT2D eigenvalue weighted by atomic mass is 10.1. The van der Waals surface area contributed by atoms with Crippen molar-refractivity contribution in [1.82, 2.24) is 9.80 Å². The summed E-state index contributed by atoms with van der Waals surface area (Å²) in [6.07, 6.45) is 1.54. The highest BCUT2D eigenvalue weighted by Crippen LogP contribution is 2.39. The van der Waals surface area contributed by atoms with Crippen molar-refractivity contribution in [2.75, 3.05) is 39.5 Å². The highest BCUT2D eigenvalue weighted by atomic mass is 79.9. The molecule has 2 saturated heterocycles. The number of morpholine rings is 1. The molecular weight excluding hydrogens is 552 g/mol. The SMILES string of the molecule is CCOc1cc(/C=C2\SC(=O)N(CC(=O)N3CCOCC3)C2=O)cc(Br)c1OC(=O)c1ccccc1. The maximum atomic E-state index is 12.9. The third-order valence-corrected chi connectivity index (χ3v) is 6.86. The van der Waals surface area contributed by atoms with Gasteiger partial charge in [-0.15, -0.1) is 0 Å². The van der Waals surface area contributed by atoms with Gasteiger partial charge in [-0.25, -0.2) is 4.79 Å². The number of halogens is 1. The number of ether oxygens (including phenoxy) is 3. The number of carbonyl (C=O) groups excluding carboxylic acids is 4. The summed E-state index contributed by atoms with van der Waals surface area (Å²) in [7, 11) is 0. The predicted octanol–water partition coefficient (Wildman–Crippen LogP) is 3.96. The van der Waals surface area contributed by atoms with Gasteiger partial charge in [0.05, 0.1) is 34.8 Å². The summed E-state index contributed by atoms with van der Waals surface area (Å²) < 4.78 is 16.9. The number of benzene rings is 2. The van der Waals surface area contributed by atoms with Crippen molar-refractivity contribution in [1.29, 1.82) is 0 Å². The van der Waals surface area contributed by atoms with Crippen molar-refractivity contribution in [3.05, 3.63) is 63.0 Å². The molecule has 9 nitrogen and oxygen atoms in total. The summed E-state index contributed by atoms with van der Waals surface area (Å²) in [5.41, 5.74) is 0.936. The van der Waals surface area contributed by atoms with Gasteiger partial charge in [-0.05, 0) is 70.5 Å². The number of amides is 3. The van der Waals surface area contributed by atoms with Crippen molar-refractivity contribution in [3.8, 4) is 11.5 Å². The first kappa shape index (κ1) is 25.9. The fourth-order valence-corrected chi connectivity index (χ4v) is 4.97. The molecule has 188 valence electrons. The van der Waals surface area contributed by atoms with Crippen molar-refractivity contribution in [2.24, 2.45) is 0 Å². The van der Waals surface area contributed by atoms with Crippen molar-refractivity contribution < 1.29 is 33.4 Å². The molecule has 2 aromatic carbocycles. The Kier molecular flexibility index (Phi) is 8.44. The molecule has 2 aromatic rings. The zero-order valence-corrected chi connectivity index (χ0v) is 21.8. The minimum Gasteiger partial charge on any atom is -0.490 e. The molecule has 0 bridgehead atoms. The standard InChI is InChI=1S/C25H23BrN2O7S/c1-2-34-19-13-16(12-18(26)22(19)35-24(31)17-6-4-3-5-7-17)14-20-23(30)28(25(32)36-20)15-21(29)27-8-10-33-11-9-27/h3-7,12-14H,2,8-11,15H2,1H3/b20-14-. The zero-order chi connectivity index (χ0) is 25.7. The van der Waals surface area contributed by atoms with Gasteiger partial charge in [-0.1, -0.05) is 18.2 Å². The monoisotopic (exact) mass is 574 g/mol. The minimum atomic E-state index is -0.545. The summed E-state index contributed by atoms with van der Waals surface area (Å²) in [4.78, 5) is 53.2. The Balaban J connectivity index is 1.53. The Hall–Kier alpha value is -3.15. The van der Waals surface area contributed by atoms with Crippen LogP contribution in [-0.2, 0) is 14.3 Å². The summed E-state index contributed by atoms with van der Waals surface area (Å²) >= 11 is 4.18. The Bertz CT molecular complexity index is 1210. The van der Waals surface area contributed by atoms with Crippen molar-refractivity contribution in [2.45, 2.75) is 6.92 Å². The van der Waals surface area contributed by atoms with E-state index in [0.717, 1.165) is 16.7 Å². The van der Waals surface area contributed by atoms with Gasteiger partial charge < -0.3 is 19.1 Å². The molecule has 2 heterocycles. The van der Waals surface area contributed by atoms with Crippen LogP contribution in [0.1, 0.15) is 22.8 Å². The topological polar surface area (TPSA) is 102 Å². The molecule has 0 unspecified atom stereocenters. The molecule has 0 aromatic heterocycles. The van der Waals surface area contributed by atoms with Gasteiger partial charge in [0.2, 0.25) is 5.91 Å². The third kappa shape index (κ3) is 5.97. The summed E-state index contributed by atoms with van der Waals surface area (Å²) in [5.74, 6) is -0.889. The number of nitrogens with zero attached hydrogens (tertiary/aromatic N) is 2. The molecule has 36 heavy (non-hydrogen) atoms. The normalized spacial score (nSPS) is 17.0. The van der Waals surface area contributed by atoms with E-state index < -0.39 is 17.1 Å². The molecule has 0 saturated carbocycles. The largest absolute Gasteiger partial charge is 0.490 e. The fraction of sp³-hybridized carbons (Fsp3) is 0.280. The molecule has 3 amide bonds. The average molecular weight is 575 g/mol. The third-order valence-electron chi connectivity index (χ3n) is 5.36. The lowest BCUT2D eigenvalue weighted by Crippen LogP contribution is -2.46.